The lowest BCUT2D eigenvalue weighted by atomic mass is 9.90. The second-order valence-corrected chi connectivity index (χ2v) is 6.73. The van der Waals surface area contributed by atoms with E-state index in [4.69, 9.17) is 5.11 Å². The predicted molar refractivity (Wildman–Crippen MR) is 100 cm³/mol. The molecule has 136 valence electrons. The fourth-order valence-electron chi connectivity index (χ4n) is 3.31. The van der Waals surface area contributed by atoms with Crippen LogP contribution in [0.4, 0.5) is 5.69 Å². The Morgan fingerprint density at radius 2 is 1.62 bits per heavy atom. The minimum absolute atomic E-state index is 0.0505. The highest BCUT2D eigenvalue weighted by molar-refractivity contribution is 6.39. The van der Waals surface area contributed by atoms with Gasteiger partial charge in [0.05, 0.1) is 6.61 Å². The lowest BCUT2D eigenvalue weighted by Crippen LogP contribution is -2.44. The number of amides is 2. The van der Waals surface area contributed by atoms with Gasteiger partial charge in [-0.15, -0.1) is 0 Å². The summed E-state index contributed by atoms with van der Waals surface area (Å²) < 4.78 is 0. The fraction of sp³-hybridized carbons (Fsp3) is 0.333. The number of carbonyl (C=O) groups is 2. The maximum Gasteiger partial charge on any atom is 0.313 e. The number of nitrogens with zero attached hydrogens (tertiary/aromatic N) is 1. The van der Waals surface area contributed by atoms with Crippen molar-refractivity contribution in [2.75, 3.05) is 18.4 Å². The number of likely N-dealkylation sites (tertiary alicyclic amines) is 1. The van der Waals surface area contributed by atoms with E-state index in [2.05, 4.69) is 17.4 Å². The van der Waals surface area contributed by atoms with Crippen LogP contribution in [0.5, 0.6) is 0 Å². The molecule has 0 bridgehead atoms. The van der Waals surface area contributed by atoms with Crippen molar-refractivity contribution in [2.24, 2.45) is 5.92 Å². The summed E-state index contributed by atoms with van der Waals surface area (Å²) in [5.41, 5.74) is 2.63. The monoisotopic (exact) mass is 352 g/mol. The number of aliphatic hydroxyl groups excluding tert-OH is 1. The van der Waals surface area contributed by atoms with Gasteiger partial charge in [-0.25, -0.2) is 0 Å². The van der Waals surface area contributed by atoms with E-state index in [1.807, 2.05) is 18.2 Å². The number of aliphatic hydroxyl groups is 1. The van der Waals surface area contributed by atoms with Crippen molar-refractivity contribution in [3.8, 4) is 0 Å². The van der Waals surface area contributed by atoms with Crippen molar-refractivity contribution in [2.45, 2.75) is 25.9 Å². The quantitative estimate of drug-likeness (QED) is 0.831. The van der Waals surface area contributed by atoms with Crippen LogP contribution in [0.25, 0.3) is 0 Å². The van der Waals surface area contributed by atoms with Gasteiger partial charge in [0, 0.05) is 18.8 Å². The van der Waals surface area contributed by atoms with Gasteiger partial charge in [0.2, 0.25) is 0 Å². The molecule has 0 saturated carbocycles. The molecule has 0 aromatic heterocycles. The predicted octanol–water partition coefficient (Wildman–Crippen LogP) is 2.60. The number of piperidine rings is 1. The third kappa shape index (κ3) is 4.70. The molecule has 0 unspecified atom stereocenters. The van der Waals surface area contributed by atoms with Crippen molar-refractivity contribution in [3.05, 3.63) is 65.7 Å². The SMILES string of the molecule is O=C(Nc1ccc(CO)cc1)C(=O)N1CCC(Cc2ccccc2)CC1. The molecule has 5 nitrogen and oxygen atoms in total. The van der Waals surface area contributed by atoms with Gasteiger partial charge in [-0.3, -0.25) is 9.59 Å². The third-order valence-corrected chi connectivity index (χ3v) is 4.86. The van der Waals surface area contributed by atoms with Gasteiger partial charge in [-0.1, -0.05) is 42.5 Å². The topological polar surface area (TPSA) is 69.6 Å². The van der Waals surface area contributed by atoms with Gasteiger partial charge in [0.15, 0.2) is 0 Å². The summed E-state index contributed by atoms with van der Waals surface area (Å²) in [6, 6.07) is 17.2. The molecule has 1 saturated heterocycles. The summed E-state index contributed by atoms with van der Waals surface area (Å²) in [6.07, 6.45) is 2.85. The van der Waals surface area contributed by atoms with Gasteiger partial charge in [-0.2, -0.15) is 0 Å². The zero-order chi connectivity index (χ0) is 18.4. The van der Waals surface area contributed by atoms with Gasteiger partial charge in [0.1, 0.15) is 0 Å². The van der Waals surface area contributed by atoms with E-state index in [1.54, 1.807) is 29.2 Å². The number of hydrogen-bond acceptors (Lipinski definition) is 3. The van der Waals surface area contributed by atoms with Crippen LogP contribution >= 0.6 is 0 Å². The second kappa shape index (κ2) is 8.63. The van der Waals surface area contributed by atoms with Crippen LogP contribution in [0.2, 0.25) is 0 Å². The summed E-state index contributed by atoms with van der Waals surface area (Å²) in [6.45, 7) is 1.19. The maximum absolute atomic E-state index is 12.4. The van der Waals surface area contributed by atoms with E-state index < -0.39 is 11.8 Å². The smallest absolute Gasteiger partial charge is 0.313 e. The highest BCUT2D eigenvalue weighted by atomic mass is 16.3. The van der Waals surface area contributed by atoms with Crippen molar-refractivity contribution < 1.29 is 14.7 Å². The van der Waals surface area contributed by atoms with Crippen molar-refractivity contribution in [3.63, 3.8) is 0 Å². The van der Waals surface area contributed by atoms with E-state index in [0.29, 0.717) is 24.7 Å². The Bertz CT molecular complexity index is 736. The fourth-order valence-corrected chi connectivity index (χ4v) is 3.31. The van der Waals surface area contributed by atoms with Crippen LogP contribution in [0.3, 0.4) is 0 Å². The van der Waals surface area contributed by atoms with Crippen LogP contribution in [0.15, 0.2) is 54.6 Å². The average molecular weight is 352 g/mol. The molecular formula is C21H24N2O3. The van der Waals surface area contributed by atoms with Crippen LogP contribution in [0, 0.1) is 5.92 Å². The normalized spacial score (nSPS) is 14.9. The van der Waals surface area contributed by atoms with Gasteiger partial charge >= 0.3 is 11.8 Å². The number of nitrogens with one attached hydrogen (secondary N) is 1. The largest absolute Gasteiger partial charge is 0.392 e. The Balaban J connectivity index is 1.48. The van der Waals surface area contributed by atoms with E-state index in [0.717, 1.165) is 24.8 Å². The molecule has 5 heteroatoms. The standard InChI is InChI=1S/C21H24N2O3/c24-15-18-6-8-19(9-7-18)22-20(25)21(26)23-12-10-17(11-13-23)14-16-4-2-1-3-5-16/h1-9,17,24H,10-15H2,(H,22,25). The molecule has 0 radical (unpaired) electrons. The Hall–Kier alpha value is -2.66. The van der Waals surface area contributed by atoms with Crippen LogP contribution in [-0.4, -0.2) is 34.9 Å². The first-order valence-electron chi connectivity index (χ1n) is 8.99. The molecule has 0 aliphatic carbocycles. The van der Waals surface area contributed by atoms with E-state index in [-0.39, 0.29) is 6.61 Å². The lowest BCUT2D eigenvalue weighted by molar-refractivity contribution is -0.144. The Kier molecular flexibility index (Phi) is 6.02. The first-order chi connectivity index (χ1) is 12.7. The van der Waals surface area contributed by atoms with E-state index in [1.165, 1.54) is 5.56 Å². The molecule has 26 heavy (non-hydrogen) atoms. The van der Waals surface area contributed by atoms with Gasteiger partial charge in [-0.05, 0) is 48.4 Å². The third-order valence-electron chi connectivity index (χ3n) is 4.86. The summed E-state index contributed by atoms with van der Waals surface area (Å²) in [4.78, 5) is 26.2. The van der Waals surface area contributed by atoms with Crippen LogP contribution in [0.1, 0.15) is 24.0 Å². The number of carbonyl (C=O) groups excluding carboxylic acids is 2. The van der Waals surface area contributed by atoms with Crippen LogP contribution in [-0.2, 0) is 22.6 Å². The number of anilines is 1. The molecule has 2 aromatic rings. The molecule has 1 heterocycles. The van der Waals surface area contributed by atoms with Gasteiger partial charge in [0.25, 0.3) is 0 Å². The Morgan fingerprint density at radius 3 is 2.23 bits per heavy atom. The molecule has 1 aliphatic rings. The zero-order valence-corrected chi connectivity index (χ0v) is 14.7. The molecule has 2 amide bonds. The molecule has 2 N–H and O–H groups in total. The number of benzene rings is 2. The molecule has 1 aliphatic heterocycles. The lowest BCUT2D eigenvalue weighted by Gasteiger charge is -2.31. The minimum atomic E-state index is -0.608. The number of rotatable bonds is 4. The highest BCUT2D eigenvalue weighted by Gasteiger charge is 2.27. The Labute approximate surface area is 153 Å². The van der Waals surface area contributed by atoms with E-state index >= 15 is 0 Å². The summed E-state index contributed by atoms with van der Waals surface area (Å²) in [5.74, 6) is -0.534. The minimum Gasteiger partial charge on any atom is -0.392 e. The average Bonchev–Trinajstić information content (AvgIpc) is 2.69. The zero-order valence-electron chi connectivity index (χ0n) is 14.7. The highest BCUT2D eigenvalue weighted by Crippen LogP contribution is 2.22. The van der Waals surface area contributed by atoms with Crippen molar-refractivity contribution in [1.29, 1.82) is 0 Å². The molecule has 2 aromatic carbocycles. The second-order valence-electron chi connectivity index (χ2n) is 6.73. The maximum atomic E-state index is 12.4. The van der Waals surface area contributed by atoms with Crippen molar-refractivity contribution >= 4 is 17.5 Å². The molecule has 1 fully saturated rings. The summed E-state index contributed by atoms with van der Waals surface area (Å²) in [5, 5.41) is 11.7. The van der Waals surface area contributed by atoms with Gasteiger partial charge < -0.3 is 15.3 Å². The molecular weight excluding hydrogens is 328 g/mol. The molecule has 3 rings (SSSR count). The first kappa shape index (κ1) is 18.1. The van der Waals surface area contributed by atoms with Crippen molar-refractivity contribution in [1.82, 2.24) is 4.90 Å². The molecule has 0 atom stereocenters. The first-order valence-corrected chi connectivity index (χ1v) is 8.99. The van der Waals surface area contributed by atoms with Crippen LogP contribution < -0.4 is 5.32 Å². The summed E-state index contributed by atoms with van der Waals surface area (Å²) in [7, 11) is 0. The molecule has 0 spiro atoms. The summed E-state index contributed by atoms with van der Waals surface area (Å²) >= 11 is 0. The van der Waals surface area contributed by atoms with E-state index in [9.17, 15) is 9.59 Å². The Morgan fingerprint density at radius 1 is 0.962 bits per heavy atom. The number of hydrogen-bond donors (Lipinski definition) is 2.